The predicted molar refractivity (Wildman–Crippen MR) is 103 cm³/mol. The molecule has 0 aromatic heterocycles. The van der Waals surface area contributed by atoms with Gasteiger partial charge in [-0.1, -0.05) is 12.1 Å². The van der Waals surface area contributed by atoms with Crippen molar-refractivity contribution < 1.29 is 23.5 Å². The minimum Gasteiger partial charge on any atom is -0.482 e. The summed E-state index contributed by atoms with van der Waals surface area (Å²) in [5.41, 5.74) is 2.70. The summed E-state index contributed by atoms with van der Waals surface area (Å²) in [6.45, 7) is 3.77. The lowest BCUT2D eigenvalue weighted by Gasteiger charge is -2.23. The number of hydrogen-bond donors (Lipinski definition) is 1. The highest BCUT2D eigenvalue weighted by molar-refractivity contribution is 6.32. The van der Waals surface area contributed by atoms with Gasteiger partial charge in [-0.3, -0.25) is 4.79 Å². The van der Waals surface area contributed by atoms with Crippen LogP contribution in [-0.2, 0) is 14.3 Å². The van der Waals surface area contributed by atoms with E-state index in [4.69, 9.17) is 9.47 Å². The summed E-state index contributed by atoms with van der Waals surface area (Å²) in [5.74, 6) is -0.781. The van der Waals surface area contributed by atoms with Crippen molar-refractivity contribution in [2.24, 2.45) is 0 Å². The van der Waals surface area contributed by atoms with E-state index in [9.17, 15) is 14.0 Å². The standard InChI is InChI=1S/C22H18FNO4/c1-22(2)16(12-5-4-6-13(9-12)21(26)27-3)11-18(28-22)19-15-8-7-14(23)10-17(15)24-20(19)25/h4-11H,1-3H3,(H,24,25). The number of halogens is 1. The van der Waals surface area contributed by atoms with Gasteiger partial charge in [0.2, 0.25) is 0 Å². The molecule has 142 valence electrons. The minimum atomic E-state index is -0.722. The van der Waals surface area contributed by atoms with Crippen LogP contribution in [0.3, 0.4) is 0 Å². The Kier molecular flexibility index (Phi) is 4.07. The molecule has 0 unspecified atom stereocenters. The molecule has 1 N–H and O–H groups in total. The van der Waals surface area contributed by atoms with Gasteiger partial charge in [0.05, 0.1) is 23.9 Å². The maximum Gasteiger partial charge on any atom is 0.337 e. The number of anilines is 1. The van der Waals surface area contributed by atoms with Crippen molar-refractivity contribution in [1.82, 2.24) is 0 Å². The molecule has 0 aliphatic carbocycles. The topological polar surface area (TPSA) is 64.6 Å². The lowest BCUT2D eigenvalue weighted by molar-refractivity contribution is -0.111. The third kappa shape index (κ3) is 2.87. The number of esters is 1. The molecule has 2 heterocycles. The number of hydrogen-bond acceptors (Lipinski definition) is 4. The van der Waals surface area contributed by atoms with Gasteiger partial charge in [-0.15, -0.1) is 0 Å². The number of methoxy groups -OCH3 is 1. The van der Waals surface area contributed by atoms with Gasteiger partial charge < -0.3 is 14.8 Å². The minimum absolute atomic E-state index is 0.341. The van der Waals surface area contributed by atoms with Crippen molar-refractivity contribution in [1.29, 1.82) is 0 Å². The lowest BCUT2D eigenvalue weighted by Crippen LogP contribution is -2.21. The summed E-state index contributed by atoms with van der Waals surface area (Å²) in [4.78, 5) is 24.4. The molecule has 5 nitrogen and oxygen atoms in total. The Hall–Kier alpha value is -3.41. The molecule has 1 amide bonds. The third-order valence-corrected chi connectivity index (χ3v) is 4.86. The maximum absolute atomic E-state index is 13.5. The molecule has 0 fully saturated rings. The Balaban J connectivity index is 1.83. The largest absolute Gasteiger partial charge is 0.482 e. The van der Waals surface area contributed by atoms with Gasteiger partial charge in [-0.2, -0.15) is 0 Å². The average Bonchev–Trinajstić information content (AvgIpc) is 3.15. The molecule has 0 bridgehead atoms. The second-order valence-corrected chi connectivity index (χ2v) is 7.13. The van der Waals surface area contributed by atoms with Crippen LogP contribution in [0, 0.1) is 5.82 Å². The quantitative estimate of drug-likeness (QED) is 0.628. The lowest BCUT2D eigenvalue weighted by atomic mass is 9.91. The predicted octanol–water partition coefficient (Wildman–Crippen LogP) is 4.17. The van der Waals surface area contributed by atoms with Crippen molar-refractivity contribution in [3.8, 4) is 0 Å². The van der Waals surface area contributed by atoms with Crippen molar-refractivity contribution >= 4 is 28.7 Å². The average molecular weight is 379 g/mol. The van der Waals surface area contributed by atoms with Crippen molar-refractivity contribution in [2.45, 2.75) is 19.4 Å². The van der Waals surface area contributed by atoms with Gasteiger partial charge in [0.1, 0.15) is 17.2 Å². The highest BCUT2D eigenvalue weighted by atomic mass is 19.1. The first-order valence-electron chi connectivity index (χ1n) is 8.75. The maximum atomic E-state index is 13.5. The first-order chi connectivity index (χ1) is 13.3. The molecular formula is C22H18FNO4. The van der Waals surface area contributed by atoms with Crippen molar-refractivity contribution in [3.05, 3.63) is 76.8 Å². The van der Waals surface area contributed by atoms with Crippen LogP contribution in [0.1, 0.15) is 35.3 Å². The van der Waals surface area contributed by atoms with E-state index in [1.165, 1.54) is 19.2 Å². The summed E-state index contributed by atoms with van der Waals surface area (Å²) in [6, 6.07) is 11.2. The van der Waals surface area contributed by atoms with E-state index in [1.807, 2.05) is 19.9 Å². The third-order valence-electron chi connectivity index (χ3n) is 4.86. The zero-order valence-electron chi connectivity index (χ0n) is 15.6. The molecule has 0 atom stereocenters. The van der Waals surface area contributed by atoms with E-state index in [-0.39, 0.29) is 5.91 Å². The molecule has 2 aliphatic rings. The van der Waals surface area contributed by atoms with Crippen LogP contribution in [0.15, 0.2) is 54.3 Å². The first-order valence-corrected chi connectivity index (χ1v) is 8.75. The number of ether oxygens (including phenoxy) is 2. The fourth-order valence-electron chi connectivity index (χ4n) is 3.54. The summed E-state index contributed by atoms with van der Waals surface area (Å²) in [7, 11) is 1.33. The van der Waals surface area contributed by atoms with Crippen LogP contribution < -0.4 is 5.32 Å². The van der Waals surface area contributed by atoms with E-state index in [2.05, 4.69) is 5.32 Å². The van der Waals surface area contributed by atoms with Crippen molar-refractivity contribution in [3.63, 3.8) is 0 Å². The number of carbonyl (C=O) groups is 2. The van der Waals surface area contributed by atoms with Gasteiger partial charge in [-0.05, 0) is 55.8 Å². The number of amides is 1. The SMILES string of the molecule is COC(=O)c1cccc(C2=CC(=C3C(=O)Nc4cc(F)ccc43)OC2(C)C)c1. The number of allylic oxidation sites excluding steroid dienone is 1. The molecular weight excluding hydrogens is 361 g/mol. The molecule has 6 heteroatoms. The zero-order valence-corrected chi connectivity index (χ0v) is 15.6. The zero-order chi connectivity index (χ0) is 20.1. The molecule has 28 heavy (non-hydrogen) atoms. The van der Waals surface area contributed by atoms with Crippen LogP contribution in [-0.4, -0.2) is 24.6 Å². The number of fused-ring (bicyclic) bond motifs is 1. The Morgan fingerprint density at radius 1 is 1.18 bits per heavy atom. The Labute approximate surface area is 161 Å². The van der Waals surface area contributed by atoms with E-state index in [0.29, 0.717) is 28.1 Å². The summed E-state index contributed by atoms with van der Waals surface area (Å²) >= 11 is 0. The van der Waals surface area contributed by atoms with E-state index in [1.54, 1.807) is 30.3 Å². The van der Waals surface area contributed by atoms with E-state index >= 15 is 0 Å². The highest BCUT2D eigenvalue weighted by Crippen LogP contribution is 2.44. The molecule has 2 aliphatic heterocycles. The highest BCUT2D eigenvalue weighted by Gasteiger charge is 2.38. The Morgan fingerprint density at radius 3 is 2.71 bits per heavy atom. The second kappa shape index (κ2) is 6.34. The summed E-state index contributed by atoms with van der Waals surface area (Å²) in [5, 5.41) is 2.67. The fourth-order valence-corrected chi connectivity index (χ4v) is 3.54. The van der Waals surface area contributed by atoms with Gasteiger partial charge >= 0.3 is 5.97 Å². The van der Waals surface area contributed by atoms with Gasteiger partial charge in [0, 0.05) is 11.1 Å². The van der Waals surface area contributed by atoms with Gasteiger partial charge in [0.25, 0.3) is 5.91 Å². The van der Waals surface area contributed by atoms with Gasteiger partial charge in [-0.25, -0.2) is 9.18 Å². The van der Waals surface area contributed by atoms with Gasteiger partial charge in [0.15, 0.2) is 0 Å². The van der Waals surface area contributed by atoms with E-state index in [0.717, 1.165) is 11.1 Å². The number of carbonyl (C=O) groups excluding carboxylic acids is 2. The first kappa shape index (κ1) is 18.0. The molecule has 2 aromatic rings. The number of rotatable bonds is 2. The molecule has 0 radical (unpaired) electrons. The van der Waals surface area contributed by atoms with Crippen LogP contribution >= 0.6 is 0 Å². The Morgan fingerprint density at radius 2 is 1.96 bits per heavy atom. The van der Waals surface area contributed by atoms with Crippen LogP contribution in [0.4, 0.5) is 10.1 Å². The monoisotopic (exact) mass is 379 g/mol. The smallest absolute Gasteiger partial charge is 0.337 e. The van der Waals surface area contributed by atoms with Crippen molar-refractivity contribution in [2.75, 3.05) is 12.4 Å². The molecule has 2 aromatic carbocycles. The number of benzene rings is 2. The summed E-state index contributed by atoms with van der Waals surface area (Å²) in [6.07, 6.45) is 1.80. The fraction of sp³-hybridized carbons (Fsp3) is 0.182. The molecule has 0 saturated carbocycles. The van der Waals surface area contributed by atoms with Crippen LogP contribution in [0.5, 0.6) is 0 Å². The second-order valence-electron chi connectivity index (χ2n) is 7.13. The van der Waals surface area contributed by atoms with Crippen LogP contribution in [0.25, 0.3) is 11.1 Å². The van der Waals surface area contributed by atoms with Crippen LogP contribution in [0.2, 0.25) is 0 Å². The Bertz CT molecular complexity index is 1080. The normalized spacial score (nSPS) is 19.6. The molecule has 0 saturated heterocycles. The molecule has 0 spiro atoms. The molecule has 4 rings (SSSR count). The summed E-state index contributed by atoms with van der Waals surface area (Å²) < 4.78 is 24.4. The van der Waals surface area contributed by atoms with E-state index < -0.39 is 17.4 Å². The number of nitrogens with one attached hydrogen (secondary N) is 1.